The summed E-state index contributed by atoms with van der Waals surface area (Å²) < 4.78 is 71.2. The summed E-state index contributed by atoms with van der Waals surface area (Å²) in [6.07, 6.45) is -3.00. The number of ether oxygens (including phenoxy) is 1. The third-order valence-electron chi connectivity index (χ3n) is 6.13. The lowest BCUT2D eigenvalue weighted by molar-refractivity contribution is -0.115. The summed E-state index contributed by atoms with van der Waals surface area (Å²) in [6.45, 7) is 8.54. The van der Waals surface area contributed by atoms with E-state index < -0.39 is 39.0 Å². The average Bonchev–Trinajstić information content (AvgIpc) is 3.17. The zero-order chi connectivity index (χ0) is 28.6. The Morgan fingerprint density at radius 3 is 2.45 bits per heavy atom. The Labute approximate surface area is 217 Å². The number of aliphatic imine (C=N–C) groups is 2. The molecule has 38 heavy (non-hydrogen) atoms. The van der Waals surface area contributed by atoms with Crippen LogP contribution in [0.4, 0.5) is 13.2 Å². The van der Waals surface area contributed by atoms with Crippen LogP contribution in [0, 0.1) is 5.92 Å². The van der Waals surface area contributed by atoms with E-state index in [1.165, 1.54) is 12.1 Å². The maximum Gasteiger partial charge on any atom is 0.434 e. The zero-order valence-electron chi connectivity index (χ0n) is 21.5. The first kappa shape index (κ1) is 29.2. The van der Waals surface area contributed by atoms with Crippen molar-refractivity contribution in [2.45, 2.75) is 44.4 Å². The molecule has 0 fully saturated rings. The van der Waals surface area contributed by atoms with E-state index in [-0.39, 0.29) is 29.1 Å². The second-order valence-corrected chi connectivity index (χ2v) is 11.1. The molecule has 0 aliphatic carbocycles. The number of benzene rings is 1. The monoisotopic (exact) mass is 555 g/mol. The first-order valence-electron chi connectivity index (χ1n) is 11.5. The maximum absolute atomic E-state index is 13.3. The molecule has 0 bridgehead atoms. The molecule has 10 nitrogen and oxygen atoms in total. The fraction of sp³-hybridized carbons (Fsp3) is 0.458. The van der Waals surface area contributed by atoms with Gasteiger partial charge in [0.1, 0.15) is 5.82 Å². The largest absolute Gasteiger partial charge is 0.465 e. The molecule has 1 aliphatic heterocycles. The molecule has 1 unspecified atom stereocenters. The Morgan fingerprint density at radius 2 is 1.95 bits per heavy atom. The summed E-state index contributed by atoms with van der Waals surface area (Å²) in [4.78, 5) is 37.7. The van der Waals surface area contributed by atoms with Gasteiger partial charge in [-0.25, -0.2) is 18.2 Å². The number of allylic oxidation sites excluding steroid dienone is 2. The van der Waals surface area contributed by atoms with Crippen molar-refractivity contribution < 1.29 is 35.9 Å². The minimum Gasteiger partial charge on any atom is -0.465 e. The van der Waals surface area contributed by atoms with Gasteiger partial charge in [0.05, 0.1) is 46.9 Å². The Hall–Kier alpha value is -3.39. The number of carbonyl (C=O) groups excluding carboxylic acids is 2. The number of ketones is 1. The van der Waals surface area contributed by atoms with Crippen LogP contribution in [0.2, 0.25) is 0 Å². The molecule has 0 saturated carbocycles. The van der Waals surface area contributed by atoms with Gasteiger partial charge in [-0.05, 0) is 31.7 Å². The Kier molecular flexibility index (Phi) is 8.27. The summed E-state index contributed by atoms with van der Waals surface area (Å²) in [6, 6.07) is 2.44. The smallest absolute Gasteiger partial charge is 0.434 e. The van der Waals surface area contributed by atoms with Crippen molar-refractivity contribution in [3.63, 3.8) is 0 Å². The number of alkyl halides is 3. The van der Waals surface area contributed by atoms with E-state index in [1.54, 1.807) is 0 Å². The van der Waals surface area contributed by atoms with Crippen LogP contribution in [0.5, 0.6) is 0 Å². The van der Waals surface area contributed by atoms with Crippen molar-refractivity contribution in [3.8, 4) is 0 Å². The van der Waals surface area contributed by atoms with Gasteiger partial charge in [-0.15, -0.1) is 0 Å². The number of halogens is 3. The number of rotatable bonds is 8. The lowest BCUT2D eigenvalue weighted by Gasteiger charge is -2.37. The van der Waals surface area contributed by atoms with Gasteiger partial charge >= 0.3 is 12.1 Å². The average molecular weight is 556 g/mol. The van der Waals surface area contributed by atoms with Gasteiger partial charge in [0, 0.05) is 25.6 Å². The number of fused-ring (bicyclic) bond motifs is 3. The molecule has 2 aromatic rings. The molecule has 0 spiro atoms. The normalized spacial score (nSPS) is 17.6. The van der Waals surface area contributed by atoms with Gasteiger partial charge in [0.25, 0.3) is 0 Å². The minimum atomic E-state index is -4.86. The van der Waals surface area contributed by atoms with Crippen LogP contribution in [0.15, 0.2) is 38.3 Å². The van der Waals surface area contributed by atoms with Gasteiger partial charge in [-0.1, -0.05) is 13.8 Å². The number of Topliss-reactive ketones (excluding diaryl/α,β-unsaturated/α-hetero) is 1. The standard InChI is InChI=1S/C24H28F3N5O5S/c1-13(2)20-22-30-17-9-15(23(34)37-5)19(38(6,35)36)10-18(17)32(22)8-7-31(20)12-29-11-16(14(3)33)21(28-4)24(25,26)27/h9-11,13,20H,4,7-8,12H2,1-3,5-6H3/b21-16+,29-11-. The van der Waals surface area contributed by atoms with Crippen LogP contribution in [-0.2, 0) is 25.9 Å². The van der Waals surface area contributed by atoms with Gasteiger partial charge in [0.2, 0.25) is 0 Å². The number of sulfone groups is 1. The molecule has 2 heterocycles. The second kappa shape index (κ2) is 10.8. The van der Waals surface area contributed by atoms with E-state index in [0.717, 1.165) is 26.5 Å². The summed E-state index contributed by atoms with van der Waals surface area (Å²) in [5.74, 6) is -1.10. The fourth-order valence-corrected chi connectivity index (χ4v) is 5.37. The van der Waals surface area contributed by atoms with Gasteiger partial charge < -0.3 is 9.30 Å². The Morgan fingerprint density at radius 1 is 1.29 bits per heavy atom. The summed E-state index contributed by atoms with van der Waals surface area (Å²) in [7, 11) is -2.62. The fourth-order valence-electron chi connectivity index (χ4n) is 4.50. The second-order valence-electron chi connectivity index (χ2n) is 9.15. The highest BCUT2D eigenvalue weighted by atomic mass is 32.2. The molecule has 0 saturated heterocycles. The summed E-state index contributed by atoms with van der Waals surface area (Å²) in [5.41, 5.74) is -1.30. The molecule has 1 aromatic heterocycles. The maximum atomic E-state index is 13.3. The van der Waals surface area contributed by atoms with Crippen molar-refractivity contribution in [1.82, 2.24) is 14.5 Å². The summed E-state index contributed by atoms with van der Waals surface area (Å²) >= 11 is 0. The van der Waals surface area contributed by atoms with E-state index in [9.17, 15) is 31.2 Å². The first-order valence-corrected chi connectivity index (χ1v) is 13.4. The predicted octanol–water partition coefficient (Wildman–Crippen LogP) is 3.37. The number of methoxy groups -OCH3 is 1. The molecule has 14 heteroatoms. The van der Waals surface area contributed by atoms with Gasteiger partial charge in [-0.3, -0.25) is 19.7 Å². The molecular formula is C24H28F3N5O5S. The Bertz CT molecular complexity index is 1460. The number of hydrogen-bond donors (Lipinski definition) is 0. The van der Waals surface area contributed by atoms with Crippen molar-refractivity contribution in [2.75, 3.05) is 26.6 Å². The van der Waals surface area contributed by atoms with Crippen molar-refractivity contribution >= 4 is 45.6 Å². The molecule has 0 N–H and O–H groups in total. The lowest BCUT2D eigenvalue weighted by Crippen LogP contribution is -2.41. The van der Waals surface area contributed by atoms with Crippen LogP contribution >= 0.6 is 0 Å². The zero-order valence-corrected chi connectivity index (χ0v) is 22.4. The van der Waals surface area contributed by atoms with Gasteiger partial charge in [-0.2, -0.15) is 13.2 Å². The minimum absolute atomic E-state index is 0.0288. The number of imidazole rings is 1. The van der Waals surface area contributed by atoms with E-state index >= 15 is 0 Å². The van der Waals surface area contributed by atoms with Crippen LogP contribution < -0.4 is 0 Å². The SMILES string of the molecule is C=N/C(=C(\C=N/CN1CCn2c(nc3cc(C(=O)OC)c(S(C)(=O)=O)cc32)C1C(C)C)C(C)=O)C(F)(F)F. The predicted molar refractivity (Wildman–Crippen MR) is 135 cm³/mol. The highest BCUT2D eigenvalue weighted by Crippen LogP contribution is 2.36. The molecule has 0 amide bonds. The van der Waals surface area contributed by atoms with E-state index in [1.807, 2.05) is 23.3 Å². The van der Waals surface area contributed by atoms with E-state index in [4.69, 9.17) is 4.74 Å². The first-order chi connectivity index (χ1) is 17.6. The van der Waals surface area contributed by atoms with Crippen molar-refractivity contribution in [2.24, 2.45) is 15.9 Å². The molecule has 1 aromatic carbocycles. The van der Waals surface area contributed by atoms with Crippen molar-refractivity contribution in [3.05, 3.63) is 34.8 Å². The lowest BCUT2D eigenvalue weighted by atomic mass is 10.0. The number of esters is 1. The van der Waals surface area contributed by atoms with Gasteiger partial charge in [0.15, 0.2) is 21.3 Å². The van der Waals surface area contributed by atoms with Crippen LogP contribution in [-0.4, -0.2) is 80.3 Å². The molecule has 1 aliphatic rings. The third kappa shape index (κ3) is 5.70. The molecule has 206 valence electrons. The molecule has 3 rings (SSSR count). The van der Waals surface area contributed by atoms with Crippen LogP contribution in [0.25, 0.3) is 11.0 Å². The molecule has 0 radical (unpaired) electrons. The van der Waals surface area contributed by atoms with E-state index in [0.29, 0.717) is 29.9 Å². The molecular weight excluding hydrogens is 527 g/mol. The third-order valence-corrected chi connectivity index (χ3v) is 7.27. The molecule has 1 atom stereocenters. The van der Waals surface area contributed by atoms with E-state index in [2.05, 4.69) is 21.7 Å². The highest BCUT2D eigenvalue weighted by molar-refractivity contribution is 7.90. The Balaban J connectivity index is 2.06. The van der Waals surface area contributed by atoms with Crippen molar-refractivity contribution in [1.29, 1.82) is 0 Å². The number of hydrogen-bond acceptors (Lipinski definition) is 9. The number of aromatic nitrogens is 2. The van der Waals surface area contributed by atoms with Crippen LogP contribution in [0.3, 0.4) is 0 Å². The summed E-state index contributed by atoms with van der Waals surface area (Å²) in [5, 5.41) is 0. The number of nitrogens with zero attached hydrogens (tertiary/aromatic N) is 5. The van der Waals surface area contributed by atoms with Crippen LogP contribution in [0.1, 0.15) is 43.0 Å². The highest BCUT2D eigenvalue weighted by Gasteiger charge is 2.37. The quantitative estimate of drug-likeness (QED) is 0.278. The number of carbonyl (C=O) groups is 2. The topological polar surface area (TPSA) is 123 Å².